The molecule has 0 fully saturated rings. The summed E-state index contributed by atoms with van der Waals surface area (Å²) in [5, 5.41) is 2.05. The highest BCUT2D eigenvalue weighted by molar-refractivity contribution is 6.30. The van der Waals surface area contributed by atoms with E-state index < -0.39 is 0 Å². The lowest BCUT2D eigenvalue weighted by molar-refractivity contribution is 1.00. The van der Waals surface area contributed by atoms with E-state index in [1.54, 1.807) is 0 Å². The van der Waals surface area contributed by atoms with Crippen molar-refractivity contribution in [2.75, 3.05) is 0 Å². The first-order valence-electron chi connectivity index (χ1n) is 9.13. The molecule has 4 aromatic rings. The van der Waals surface area contributed by atoms with Gasteiger partial charge < -0.3 is 4.57 Å². The predicted molar refractivity (Wildman–Crippen MR) is 115 cm³/mol. The smallest absolute Gasteiger partial charge is 0.0537 e. The van der Waals surface area contributed by atoms with Crippen LogP contribution < -0.4 is 0 Å². The number of nitrogens with zero attached hydrogens (tertiary/aromatic N) is 1. The van der Waals surface area contributed by atoms with Gasteiger partial charge in [0.25, 0.3) is 0 Å². The molecule has 1 aliphatic rings. The van der Waals surface area contributed by atoms with E-state index >= 15 is 0 Å². The van der Waals surface area contributed by atoms with Crippen LogP contribution in [0.25, 0.3) is 28.2 Å². The van der Waals surface area contributed by atoms with Crippen LogP contribution in [0.4, 0.5) is 0 Å². The van der Waals surface area contributed by atoms with Crippen molar-refractivity contribution in [1.82, 2.24) is 4.57 Å². The van der Waals surface area contributed by atoms with Crippen molar-refractivity contribution < 1.29 is 0 Å². The highest BCUT2D eigenvalue weighted by Gasteiger charge is 2.18. The quantitative estimate of drug-likeness (QED) is 0.361. The standard InChI is InChI=1S/C25H18ClN/c26-20-15-13-18(14-16-20)19-7-6-12-25-23(17-19)22-10-4-5-11-24(22)27(25)21-8-2-1-3-9-21/h1-11,13-17H,12H2. The Morgan fingerprint density at radius 2 is 1.52 bits per heavy atom. The number of hydrogen-bond acceptors (Lipinski definition) is 0. The summed E-state index contributed by atoms with van der Waals surface area (Å²) in [5.74, 6) is 0. The van der Waals surface area contributed by atoms with Gasteiger partial charge in [0.05, 0.1) is 5.52 Å². The molecule has 0 saturated heterocycles. The van der Waals surface area contributed by atoms with Crippen molar-refractivity contribution in [3.05, 3.63) is 113 Å². The summed E-state index contributed by atoms with van der Waals surface area (Å²) >= 11 is 6.07. The molecule has 0 aliphatic heterocycles. The van der Waals surface area contributed by atoms with E-state index in [2.05, 4.69) is 89.5 Å². The molecule has 3 aromatic carbocycles. The van der Waals surface area contributed by atoms with Gasteiger partial charge in [-0.1, -0.05) is 72.3 Å². The fourth-order valence-corrected chi connectivity index (χ4v) is 4.00. The van der Waals surface area contributed by atoms with Crippen molar-refractivity contribution in [2.45, 2.75) is 6.42 Å². The Bertz CT molecular complexity index is 1180. The van der Waals surface area contributed by atoms with Crippen LogP contribution in [0.1, 0.15) is 16.8 Å². The average Bonchev–Trinajstić information content (AvgIpc) is 2.86. The van der Waals surface area contributed by atoms with Crippen LogP contribution in [0, 0.1) is 0 Å². The minimum Gasteiger partial charge on any atom is -0.313 e. The summed E-state index contributed by atoms with van der Waals surface area (Å²) in [5.41, 5.74) is 7.45. The van der Waals surface area contributed by atoms with E-state index in [-0.39, 0.29) is 0 Å². The van der Waals surface area contributed by atoms with Crippen molar-refractivity contribution in [3.8, 4) is 5.69 Å². The topological polar surface area (TPSA) is 4.93 Å². The van der Waals surface area contributed by atoms with E-state index in [1.165, 1.54) is 39.0 Å². The molecule has 1 aliphatic carbocycles. The maximum atomic E-state index is 6.07. The average molecular weight is 368 g/mol. The SMILES string of the molecule is Clc1ccc(C2=Cc3c(n(-c4ccccc4)c4ccccc34)CC=C2)cc1. The van der Waals surface area contributed by atoms with Gasteiger partial charge in [-0.25, -0.2) is 0 Å². The minimum absolute atomic E-state index is 0.762. The molecule has 1 aromatic heterocycles. The van der Waals surface area contributed by atoms with Crippen LogP contribution in [0.3, 0.4) is 0 Å². The summed E-state index contributed by atoms with van der Waals surface area (Å²) in [6.45, 7) is 0. The van der Waals surface area contributed by atoms with Crippen molar-refractivity contribution in [3.63, 3.8) is 0 Å². The first kappa shape index (κ1) is 16.2. The van der Waals surface area contributed by atoms with E-state index in [1.807, 2.05) is 12.1 Å². The lowest BCUT2D eigenvalue weighted by atomic mass is 10.0. The Kier molecular flexibility index (Phi) is 3.95. The molecule has 1 heterocycles. The Morgan fingerprint density at radius 3 is 2.33 bits per heavy atom. The van der Waals surface area contributed by atoms with Gasteiger partial charge in [0.2, 0.25) is 0 Å². The second-order valence-corrected chi connectivity index (χ2v) is 7.20. The largest absolute Gasteiger partial charge is 0.313 e. The van der Waals surface area contributed by atoms with Crippen LogP contribution in [-0.2, 0) is 6.42 Å². The highest BCUT2D eigenvalue weighted by Crippen LogP contribution is 2.35. The highest BCUT2D eigenvalue weighted by atomic mass is 35.5. The number of para-hydroxylation sites is 2. The zero-order valence-corrected chi connectivity index (χ0v) is 15.5. The van der Waals surface area contributed by atoms with Gasteiger partial charge in [0.1, 0.15) is 0 Å². The van der Waals surface area contributed by atoms with Gasteiger partial charge in [-0.2, -0.15) is 0 Å². The number of allylic oxidation sites excluding steroid dienone is 3. The van der Waals surface area contributed by atoms with Gasteiger partial charge in [0, 0.05) is 33.8 Å². The summed E-state index contributed by atoms with van der Waals surface area (Å²) in [6.07, 6.45) is 7.67. The van der Waals surface area contributed by atoms with Gasteiger partial charge >= 0.3 is 0 Å². The second-order valence-electron chi connectivity index (χ2n) is 6.76. The Hall–Kier alpha value is -3.03. The van der Waals surface area contributed by atoms with Gasteiger partial charge in [-0.3, -0.25) is 0 Å². The van der Waals surface area contributed by atoms with Crippen LogP contribution in [-0.4, -0.2) is 4.57 Å². The fraction of sp³-hybridized carbons (Fsp3) is 0.0400. The third-order valence-corrected chi connectivity index (χ3v) is 5.37. The lowest BCUT2D eigenvalue weighted by Gasteiger charge is -2.10. The van der Waals surface area contributed by atoms with Crippen LogP contribution >= 0.6 is 11.6 Å². The molecule has 0 unspecified atom stereocenters. The molecule has 5 rings (SSSR count). The molecule has 130 valence electrons. The molecular weight excluding hydrogens is 350 g/mol. The van der Waals surface area contributed by atoms with Gasteiger partial charge in [0.15, 0.2) is 0 Å². The molecule has 1 nitrogen and oxygen atoms in total. The number of benzene rings is 3. The molecule has 0 atom stereocenters. The number of rotatable bonds is 2. The predicted octanol–water partition coefficient (Wildman–Crippen LogP) is 6.94. The monoisotopic (exact) mass is 367 g/mol. The summed E-state index contributed by atoms with van der Waals surface area (Å²) in [6, 6.07) is 27.3. The van der Waals surface area contributed by atoms with Gasteiger partial charge in [-0.15, -0.1) is 0 Å². The molecular formula is C25H18ClN. The first-order valence-corrected chi connectivity index (χ1v) is 9.51. The maximum Gasteiger partial charge on any atom is 0.0537 e. The number of fused-ring (bicyclic) bond motifs is 3. The molecule has 0 radical (unpaired) electrons. The van der Waals surface area contributed by atoms with Crippen molar-refractivity contribution in [2.24, 2.45) is 0 Å². The third-order valence-electron chi connectivity index (χ3n) is 5.12. The lowest BCUT2D eigenvalue weighted by Crippen LogP contribution is -1.99. The normalized spacial score (nSPS) is 13.3. The minimum atomic E-state index is 0.762. The number of halogens is 1. The maximum absolute atomic E-state index is 6.07. The molecule has 0 amide bonds. The van der Waals surface area contributed by atoms with E-state index in [9.17, 15) is 0 Å². The molecule has 0 spiro atoms. The second kappa shape index (κ2) is 6.61. The van der Waals surface area contributed by atoms with E-state index in [4.69, 9.17) is 11.6 Å². The number of hydrogen-bond donors (Lipinski definition) is 0. The van der Waals surface area contributed by atoms with Crippen LogP contribution in [0.2, 0.25) is 5.02 Å². The van der Waals surface area contributed by atoms with Crippen molar-refractivity contribution >= 4 is 34.2 Å². The Morgan fingerprint density at radius 1 is 0.778 bits per heavy atom. The molecule has 0 bridgehead atoms. The molecule has 0 saturated carbocycles. The molecule has 0 N–H and O–H groups in total. The summed E-state index contributed by atoms with van der Waals surface area (Å²) in [4.78, 5) is 0. The Balaban J connectivity index is 1.78. The van der Waals surface area contributed by atoms with Crippen LogP contribution in [0.5, 0.6) is 0 Å². The zero-order valence-electron chi connectivity index (χ0n) is 14.8. The van der Waals surface area contributed by atoms with E-state index in [0.717, 1.165) is 11.4 Å². The van der Waals surface area contributed by atoms with Crippen molar-refractivity contribution in [1.29, 1.82) is 0 Å². The molecule has 27 heavy (non-hydrogen) atoms. The van der Waals surface area contributed by atoms with Gasteiger partial charge in [-0.05, 0) is 47.5 Å². The number of aromatic nitrogens is 1. The zero-order chi connectivity index (χ0) is 18.2. The Labute approximate surface area is 163 Å². The fourth-order valence-electron chi connectivity index (χ4n) is 3.88. The molecule has 2 heteroatoms. The first-order chi connectivity index (χ1) is 13.3. The third kappa shape index (κ3) is 2.81. The van der Waals surface area contributed by atoms with E-state index in [0.29, 0.717) is 0 Å². The summed E-state index contributed by atoms with van der Waals surface area (Å²) < 4.78 is 2.39. The van der Waals surface area contributed by atoms with Crippen LogP contribution in [0.15, 0.2) is 91.0 Å². The summed E-state index contributed by atoms with van der Waals surface area (Å²) in [7, 11) is 0.